The molecule has 0 bridgehead atoms. The number of nitrogens with zero attached hydrogens (tertiary/aromatic N) is 2. The van der Waals surface area contributed by atoms with Crippen molar-refractivity contribution in [3.05, 3.63) is 52.8 Å². The zero-order chi connectivity index (χ0) is 13.7. The van der Waals surface area contributed by atoms with E-state index in [9.17, 15) is 0 Å². The molecule has 1 aromatic heterocycles. The summed E-state index contributed by atoms with van der Waals surface area (Å²) in [5.74, 6) is 0. The summed E-state index contributed by atoms with van der Waals surface area (Å²) in [4.78, 5) is 0. The van der Waals surface area contributed by atoms with Gasteiger partial charge in [0, 0.05) is 18.3 Å². The molecular weight excluding hydrogens is 234 g/mol. The van der Waals surface area contributed by atoms with Crippen LogP contribution in [0.3, 0.4) is 0 Å². The summed E-state index contributed by atoms with van der Waals surface area (Å²) >= 11 is 0. The van der Waals surface area contributed by atoms with Crippen molar-refractivity contribution < 1.29 is 0 Å². The van der Waals surface area contributed by atoms with Gasteiger partial charge in [0.1, 0.15) is 0 Å². The number of aromatic nitrogens is 2. The van der Waals surface area contributed by atoms with Crippen LogP contribution < -0.4 is 5.32 Å². The molecular formula is C16H23N3. The summed E-state index contributed by atoms with van der Waals surface area (Å²) in [6.07, 6.45) is 3.32. The van der Waals surface area contributed by atoms with Gasteiger partial charge < -0.3 is 5.32 Å². The SMILES string of the molecule is CCCNCc1cn(Cc2cccc(C)c2)nc1C. The molecule has 0 aliphatic carbocycles. The van der Waals surface area contributed by atoms with E-state index < -0.39 is 0 Å². The van der Waals surface area contributed by atoms with Gasteiger partial charge in [-0.2, -0.15) is 5.10 Å². The van der Waals surface area contributed by atoms with Crippen molar-refractivity contribution in [2.75, 3.05) is 6.54 Å². The third kappa shape index (κ3) is 3.93. The highest BCUT2D eigenvalue weighted by atomic mass is 15.3. The molecule has 2 aromatic rings. The van der Waals surface area contributed by atoms with Crippen molar-refractivity contribution >= 4 is 0 Å². The van der Waals surface area contributed by atoms with Crippen LogP contribution in [0.1, 0.15) is 35.7 Å². The van der Waals surface area contributed by atoms with Gasteiger partial charge in [-0.1, -0.05) is 36.8 Å². The molecule has 0 aliphatic rings. The van der Waals surface area contributed by atoms with E-state index in [0.29, 0.717) is 0 Å². The standard InChI is InChI=1S/C16H23N3/c1-4-8-17-10-16-12-19(18-14(16)3)11-15-7-5-6-13(2)9-15/h5-7,9,12,17H,4,8,10-11H2,1-3H3. The predicted octanol–water partition coefficient (Wildman–Crippen LogP) is 3.05. The minimum Gasteiger partial charge on any atom is -0.313 e. The van der Waals surface area contributed by atoms with Crippen molar-refractivity contribution in [1.82, 2.24) is 15.1 Å². The van der Waals surface area contributed by atoms with Crippen LogP contribution in [0, 0.1) is 13.8 Å². The summed E-state index contributed by atoms with van der Waals surface area (Å²) < 4.78 is 2.03. The molecule has 0 saturated heterocycles. The Morgan fingerprint density at radius 2 is 2.11 bits per heavy atom. The topological polar surface area (TPSA) is 29.9 Å². The maximum atomic E-state index is 4.59. The lowest BCUT2D eigenvalue weighted by atomic mass is 10.1. The number of hydrogen-bond acceptors (Lipinski definition) is 2. The van der Waals surface area contributed by atoms with Crippen molar-refractivity contribution in [3.63, 3.8) is 0 Å². The van der Waals surface area contributed by atoms with Crippen molar-refractivity contribution in [2.24, 2.45) is 0 Å². The Hall–Kier alpha value is -1.61. The molecule has 0 fully saturated rings. The second-order valence-corrected chi connectivity index (χ2v) is 5.10. The van der Waals surface area contributed by atoms with Gasteiger partial charge in [-0.25, -0.2) is 0 Å². The summed E-state index contributed by atoms with van der Waals surface area (Å²) in [6, 6.07) is 8.59. The minimum absolute atomic E-state index is 0.844. The van der Waals surface area contributed by atoms with Crippen LogP contribution in [-0.2, 0) is 13.1 Å². The largest absolute Gasteiger partial charge is 0.313 e. The summed E-state index contributed by atoms with van der Waals surface area (Å²) in [5.41, 5.74) is 5.01. The van der Waals surface area contributed by atoms with E-state index >= 15 is 0 Å². The van der Waals surface area contributed by atoms with Crippen LogP contribution in [0.2, 0.25) is 0 Å². The highest BCUT2D eigenvalue weighted by Gasteiger charge is 2.05. The van der Waals surface area contributed by atoms with Crippen LogP contribution in [0.15, 0.2) is 30.5 Å². The molecule has 0 atom stereocenters. The first-order chi connectivity index (χ1) is 9.19. The highest BCUT2D eigenvalue weighted by molar-refractivity contribution is 5.23. The van der Waals surface area contributed by atoms with Crippen LogP contribution >= 0.6 is 0 Å². The number of hydrogen-bond donors (Lipinski definition) is 1. The molecule has 1 heterocycles. The predicted molar refractivity (Wildman–Crippen MR) is 79.2 cm³/mol. The Labute approximate surface area is 115 Å². The average molecular weight is 257 g/mol. The molecule has 1 aromatic carbocycles. The molecule has 0 spiro atoms. The molecule has 2 rings (SSSR count). The molecule has 19 heavy (non-hydrogen) atoms. The average Bonchev–Trinajstić information content (AvgIpc) is 2.70. The van der Waals surface area contributed by atoms with Crippen molar-refractivity contribution in [1.29, 1.82) is 0 Å². The van der Waals surface area contributed by atoms with Gasteiger partial charge in [-0.05, 0) is 32.4 Å². The first-order valence-electron chi connectivity index (χ1n) is 6.98. The Kier molecular flexibility index (Phi) is 4.74. The van der Waals surface area contributed by atoms with Crippen molar-refractivity contribution in [2.45, 2.75) is 40.3 Å². The number of nitrogens with one attached hydrogen (secondary N) is 1. The zero-order valence-electron chi connectivity index (χ0n) is 12.1. The van der Waals surface area contributed by atoms with Gasteiger partial charge in [-0.3, -0.25) is 4.68 Å². The van der Waals surface area contributed by atoms with Crippen LogP contribution in [-0.4, -0.2) is 16.3 Å². The number of rotatable bonds is 6. The summed E-state index contributed by atoms with van der Waals surface area (Å²) in [6.45, 7) is 9.20. The van der Waals surface area contributed by atoms with Crippen LogP contribution in [0.5, 0.6) is 0 Å². The van der Waals surface area contributed by atoms with E-state index in [4.69, 9.17) is 0 Å². The minimum atomic E-state index is 0.844. The maximum absolute atomic E-state index is 4.59. The Bertz CT molecular complexity index is 529. The van der Waals surface area contributed by atoms with Gasteiger partial charge in [0.15, 0.2) is 0 Å². The first-order valence-corrected chi connectivity index (χ1v) is 6.98. The van der Waals surface area contributed by atoms with Gasteiger partial charge in [0.25, 0.3) is 0 Å². The van der Waals surface area contributed by atoms with E-state index in [1.54, 1.807) is 0 Å². The Morgan fingerprint density at radius 1 is 1.26 bits per heavy atom. The Balaban J connectivity index is 2.03. The fourth-order valence-corrected chi connectivity index (χ4v) is 2.21. The molecule has 0 amide bonds. The van der Waals surface area contributed by atoms with E-state index in [2.05, 4.69) is 61.6 Å². The summed E-state index contributed by atoms with van der Waals surface area (Å²) in [5, 5.41) is 8.02. The monoisotopic (exact) mass is 257 g/mol. The molecule has 0 unspecified atom stereocenters. The van der Waals surface area contributed by atoms with E-state index in [-0.39, 0.29) is 0 Å². The fraction of sp³-hybridized carbons (Fsp3) is 0.438. The van der Waals surface area contributed by atoms with Gasteiger partial charge in [0.05, 0.1) is 12.2 Å². The third-order valence-corrected chi connectivity index (χ3v) is 3.22. The second kappa shape index (κ2) is 6.53. The molecule has 3 nitrogen and oxygen atoms in total. The van der Waals surface area contributed by atoms with E-state index in [0.717, 1.165) is 31.7 Å². The molecule has 0 aliphatic heterocycles. The van der Waals surface area contributed by atoms with Gasteiger partial charge in [0.2, 0.25) is 0 Å². The normalized spacial score (nSPS) is 10.9. The fourth-order valence-electron chi connectivity index (χ4n) is 2.21. The lowest BCUT2D eigenvalue weighted by Crippen LogP contribution is -2.13. The molecule has 102 valence electrons. The maximum Gasteiger partial charge on any atom is 0.0659 e. The molecule has 0 radical (unpaired) electrons. The second-order valence-electron chi connectivity index (χ2n) is 5.10. The lowest BCUT2D eigenvalue weighted by molar-refractivity contribution is 0.668. The number of aryl methyl sites for hydroxylation is 2. The number of benzene rings is 1. The lowest BCUT2D eigenvalue weighted by Gasteiger charge is -2.03. The van der Waals surface area contributed by atoms with E-state index in [1.165, 1.54) is 16.7 Å². The molecule has 1 N–H and O–H groups in total. The smallest absolute Gasteiger partial charge is 0.0659 e. The van der Waals surface area contributed by atoms with Gasteiger partial charge in [-0.15, -0.1) is 0 Å². The highest BCUT2D eigenvalue weighted by Crippen LogP contribution is 2.09. The van der Waals surface area contributed by atoms with Crippen LogP contribution in [0.25, 0.3) is 0 Å². The third-order valence-electron chi connectivity index (χ3n) is 3.22. The zero-order valence-corrected chi connectivity index (χ0v) is 12.1. The first kappa shape index (κ1) is 13.8. The van der Waals surface area contributed by atoms with Gasteiger partial charge >= 0.3 is 0 Å². The molecule has 3 heteroatoms. The van der Waals surface area contributed by atoms with E-state index in [1.807, 2.05) is 4.68 Å². The Morgan fingerprint density at radius 3 is 2.84 bits per heavy atom. The van der Waals surface area contributed by atoms with Crippen molar-refractivity contribution in [3.8, 4) is 0 Å². The summed E-state index contributed by atoms with van der Waals surface area (Å²) in [7, 11) is 0. The van der Waals surface area contributed by atoms with Crippen LogP contribution in [0.4, 0.5) is 0 Å². The quantitative estimate of drug-likeness (QED) is 0.806. The molecule has 0 saturated carbocycles.